The Bertz CT molecular complexity index is 1300. The minimum atomic E-state index is -3.98. The fourth-order valence-electron chi connectivity index (χ4n) is 3.83. The molecular formula is C22H21Cl2N3O4S. The Morgan fingerprint density at radius 1 is 1.00 bits per heavy atom. The third kappa shape index (κ3) is 4.77. The summed E-state index contributed by atoms with van der Waals surface area (Å²) in [7, 11) is -3.98. The number of benzene rings is 2. The molecule has 168 valence electrons. The number of carbonyl (C=O) groups excluding carboxylic acids is 2. The van der Waals surface area contributed by atoms with Crippen molar-refractivity contribution in [2.75, 3.05) is 24.2 Å². The molecular weight excluding hydrogens is 473 g/mol. The number of rotatable bonds is 6. The number of carbonyl (C=O) groups is 2. The van der Waals surface area contributed by atoms with E-state index in [1.165, 1.54) is 24.4 Å². The van der Waals surface area contributed by atoms with Crippen LogP contribution in [-0.2, 0) is 26.0 Å². The highest BCUT2D eigenvalue weighted by atomic mass is 35.5. The van der Waals surface area contributed by atoms with Gasteiger partial charge >= 0.3 is 0 Å². The molecule has 1 aliphatic heterocycles. The number of anilines is 1. The topological polar surface area (TPSA) is 88.5 Å². The van der Waals surface area contributed by atoms with Crippen LogP contribution >= 0.6 is 23.2 Å². The molecule has 10 heteroatoms. The number of fused-ring (bicyclic) bond motifs is 1. The molecule has 0 unspecified atom stereocenters. The number of para-hydroxylation sites is 1. The Kier molecular flexibility index (Phi) is 6.46. The van der Waals surface area contributed by atoms with E-state index in [1.54, 1.807) is 33.7 Å². The van der Waals surface area contributed by atoms with Gasteiger partial charge in [0, 0.05) is 35.9 Å². The van der Waals surface area contributed by atoms with E-state index in [-0.39, 0.29) is 22.4 Å². The summed E-state index contributed by atoms with van der Waals surface area (Å²) in [5.41, 5.74) is 0.974. The molecule has 1 N–H and O–H groups in total. The third-order valence-electron chi connectivity index (χ3n) is 5.38. The largest absolute Gasteiger partial charge is 0.341 e. The summed E-state index contributed by atoms with van der Waals surface area (Å²) in [6, 6.07) is 11.4. The molecule has 0 radical (unpaired) electrons. The van der Waals surface area contributed by atoms with Gasteiger partial charge in [0.25, 0.3) is 0 Å². The summed E-state index contributed by atoms with van der Waals surface area (Å²) >= 11 is 11.8. The lowest BCUT2D eigenvalue weighted by Gasteiger charge is -2.15. The number of hydrogen-bond acceptors (Lipinski definition) is 4. The van der Waals surface area contributed by atoms with E-state index in [0.717, 1.165) is 25.9 Å². The van der Waals surface area contributed by atoms with Crippen molar-refractivity contribution in [3.05, 3.63) is 58.7 Å². The molecule has 1 aliphatic rings. The van der Waals surface area contributed by atoms with Gasteiger partial charge < -0.3 is 14.8 Å². The first-order valence-corrected chi connectivity index (χ1v) is 12.5. The second-order valence-electron chi connectivity index (χ2n) is 7.66. The quantitative estimate of drug-likeness (QED) is 0.562. The van der Waals surface area contributed by atoms with Gasteiger partial charge in [-0.1, -0.05) is 41.4 Å². The number of amides is 2. The Hall–Kier alpha value is -2.55. The zero-order valence-corrected chi connectivity index (χ0v) is 19.4. The van der Waals surface area contributed by atoms with E-state index in [0.29, 0.717) is 21.6 Å². The van der Waals surface area contributed by atoms with Crippen LogP contribution in [-0.4, -0.2) is 48.5 Å². The Morgan fingerprint density at radius 2 is 1.72 bits per heavy atom. The van der Waals surface area contributed by atoms with Gasteiger partial charge in [0.1, 0.15) is 12.3 Å². The molecule has 1 aromatic heterocycles. The zero-order chi connectivity index (χ0) is 22.9. The number of hydrogen-bond donors (Lipinski definition) is 1. The standard InChI is InChI=1S/C22H21Cl2N3O4S/c23-17-8-7-15(11-18(17)24)25-21(28)14-32(30,31)20-12-27(19-6-2-1-5-16(19)20)13-22(29)26-9-3-4-10-26/h1-2,5-8,11-12H,3-4,9-10,13-14H2,(H,25,28). The zero-order valence-electron chi connectivity index (χ0n) is 17.1. The summed E-state index contributed by atoms with van der Waals surface area (Å²) in [5.74, 6) is -1.50. The first-order chi connectivity index (χ1) is 15.2. The average molecular weight is 494 g/mol. The maximum Gasteiger partial charge on any atom is 0.242 e. The van der Waals surface area contributed by atoms with Gasteiger partial charge in [-0.05, 0) is 37.1 Å². The molecule has 3 aromatic rings. The van der Waals surface area contributed by atoms with E-state index < -0.39 is 21.5 Å². The van der Waals surface area contributed by atoms with Crippen molar-refractivity contribution in [1.29, 1.82) is 0 Å². The van der Waals surface area contributed by atoms with Crippen LogP contribution in [0.2, 0.25) is 10.0 Å². The first-order valence-electron chi connectivity index (χ1n) is 10.1. The van der Waals surface area contributed by atoms with E-state index in [9.17, 15) is 18.0 Å². The third-order valence-corrected chi connectivity index (χ3v) is 7.75. The fourth-order valence-corrected chi connectivity index (χ4v) is 5.49. The Morgan fingerprint density at radius 3 is 2.44 bits per heavy atom. The van der Waals surface area contributed by atoms with E-state index in [1.807, 2.05) is 0 Å². The minimum absolute atomic E-state index is 0.0200. The number of nitrogens with zero attached hydrogens (tertiary/aromatic N) is 2. The van der Waals surface area contributed by atoms with Crippen LogP contribution < -0.4 is 5.32 Å². The van der Waals surface area contributed by atoms with Gasteiger partial charge in [-0.2, -0.15) is 0 Å². The smallest absolute Gasteiger partial charge is 0.242 e. The highest BCUT2D eigenvalue weighted by Crippen LogP contribution is 2.28. The normalized spacial score (nSPS) is 14.1. The monoisotopic (exact) mass is 493 g/mol. The predicted molar refractivity (Wildman–Crippen MR) is 125 cm³/mol. The Balaban J connectivity index is 1.58. The van der Waals surface area contributed by atoms with Crippen molar-refractivity contribution >= 4 is 61.4 Å². The second-order valence-corrected chi connectivity index (χ2v) is 10.4. The minimum Gasteiger partial charge on any atom is -0.341 e. The van der Waals surface area contributed by atoms with Crippen molar-refractivity contribution in [3.63, 3.8) is 0 Å². The van der Waals surface area contributed by atoms with Gasteiger partial charge in [-0.25, -0.2) is 8.42 Å². The summed E-state index contributed by atoms with van der Waals surface area (Å²) in [6.07, 6.45) is 3.40. The van der Waals surface area contributed by atoms with Crippen LogP contribution in [0.25, 0.3) is 10.9 Å². The molecule has 7 nitrogen and oxygen atoms in total. The Labute approximate surface area is 195 Å². The van der Waals surface area contributed by atoms with Gasteiger partial charge in [0.05, 0.1) is 14.9 Å². The molecule has 0 atom stereocenters. The van der Waals surface area contributed by atoms with Crippen LogP contribution in [0, 0.1) is 0 Å². The van der Waals surface area contributed by atoms with E-state index in [4.69, 9.17) is 23.2 Å². The van der Waals surface area contributed by atoms with Crippen LogP contribution in [0.1, 0.15) is 12.8 Å². The average Bonchev–Trinajstić information content (AvgIpc) is 3.39. The van der Waals surface area contributed by atoms with Crippen LogP contribution in [0.3, 0.4) is 0 Å². The summed E-state index contributed by atoms with van der Waals surface area (Å²) in [5, 5.41) is 3.58. The number of aromatic nitrogens is 1. The molecule has 2 heterocycles. The molecule has 0 aliphatic carbocycles. The van der Waals surface area contributed by atoms with Crippen molar-refractivity contribution < 1.29 is 18.0 Å². The van der Waals surface area contributed by atoms with Gasteiger partial charge in [0.15, 0.2) is 9.84 Å². The molecule has 0 saturated carbocycles. The lowest BCUT2D eigenvalue weighted by atomic mass is 10.2. The lowest BCUT2D eigenvalue weighted by molar-refractivity contribution is -0.130. The van der Waals surface area contributed by atoms with Crippen molar-refractivity contribution in [2.45, 2.75) is 24.3 Å². The molecule has 32 heavy (non-hydrogen) atoms. The maximum atomic E-state index is 13.1. The number of nitrogens with one attached hydrogen (secondary N) is 1. The summed E-state index contributed by atoms with van der Waals surface area (Å²) < 4.78 is 27.9. The van der Waals surface area contributed by atoms with Gasteiger partial charge in [-0.3, -0.25) is 9.59 Å². The number of sulfone groups is 1. The SMILES string of the molecule is O=C(CS(=O)(=O)c1cn(CC(=O)N2CCCC2)c2ccccc12)Nc1ccc(Cl)c(Cl)c1. The van der Waals surface area contributed by atoms with Crippen molar-refractivity contribution in [2.24, 2.45) is 0 Å². The number of likely N-dealkylation sites (tertiary alicyclic amines) is 1. The second kappa shape index (κ2) is 9.13. The molecule has 1 saturated heterocycles. The maximum absolute atomic E-state index is 13.1. The van der Waals surface area contributed by atoms with Crippen LogP contribution in [0.15, 0.2) is 53.6 Å². The van der Waals surface area contributed by atoms with Crippen molar-refractivity contribution in [3.8, 4) is 0 Å². The fraction of sp³-hybridized carbons (Fsp3) is 0.273. The van der Waals surface area contributed by atoms with Gasteiger partial charge in [-0.15, -0.1) is 0 Å². The predicted octanol–water partition coefficient (Wildman–Crippen LogP) is 3.98. The highest BCUT2D eigenvalue weighted by Gasteiger charge is 2.26. The van der Waals surface area contributed by atoms with E-state index in [2.05, 4.69) is 5.32 Å². The molecule has 4 rings (SSSR count). The molecule has 0 bridgehead atoms. The summed E-state index contributed by atoms with van der Waals surface area (Å²) in [4.78, 5) is 26.9. The van der Waals surface area contributed by atoms with Gasteiger partial charge in [0.2, 0.25) is 11.8 Å². The molecule has 2 amide bonds. The van der Waals surface area contributed by atoms with Crippen LogP contribution in [0.5, 0.6) is 0 Å². The number of halogens is 2. The molecule has 2 aromatic carbocycles. The summed E-state index contributed by atoms with van der Waals surface area (Å²) in [6.45, 7) is 1.49. The van der Waals surface area contributed by atoms with Crippen LogP contribution in [0.4, 0.5) is 5.69 Å². The van der Waals surface area contributed by atoms with Crippen molar-refractivity contribution in [1.82, 2.24) is 9.47 Å². The van der Waals surface area contributed by atoms with E-state index >= 15 is 0 Å². The first kappa shape index (κ1) is 22.6. The molecule has 0 spiro atoms. The molecule has 1 fully saturated rings. The highest BCUT2D eigenvalue weighted by molar-refractivity contribution is 7.92. The lowest BCUT2D eigenvalue weighted by Crippen LogP contribution is -2.30.